The molecule has 4 heteroatoms. The quantitative estimate of drug-likeness (QED) is 0.748. The predicted molar refractivity (Wildman–Crippen MR) is 91.3 cm³/mol. The molecule has 0 bridgehead atoms. The van der Waals surface area contributed by atoms with Gasteiger partial charge >= 0.3 is 0 Å². The summed E-state index contributed by atoms with van der Waals surface area (Å²) in [5.41, 5.74) is -1.03. The number of allylic oxidation sites excluding steroid dienone is 6. The molecule has 3 rings (SSSR count). The number of nitrogens with zero attached hydrogens (tertiary/aromatic N) is 1. The molecule has 116 valence electrons. The van der Waals surface area contributed by atoms with Gasteiger partial charge in [-0.25, -0.2) is 4.90 Å². The first-order valence-electron chi connectivity index (χ1n) is 7.65. The minimum absolute atomic E-state index is 0.344. The number of hydrogen-bond donors (Lipinski definition) is 3. The van der Waals surface area contributed by atoms with Gasteiger partial charge in [0.05, 0.1) is 0 Å². The van der Waals surface area contributed by atoms with Gasteiger partial charge in [-0.3, -0.25) is 0 Å². The van der Waals surface area contributed by atoms with Gasteiger partial charge in [0, 0.05) is 0 Å². The van der Waals surface area contributed by atoms with Crippen LogP contribution in [0.3, 0.4) is 0 Å². The molecule has 3 aliphatic heterocycles. The highest BCUT2D eigenvalue weighted by molar-refractivity contribution is 5.29. The van der Waals surface area contributed by atoms with Crippen molar-refractivity contribution in [3.8, 4) is 0 Å². The number of hydrogen-bond acceptors (Lipinski definition) is 4. The lowest BCUT2D eigenvalue weighted by molar-refractivity contribution is -0.0541. The molecular formula is C18H24N4. The highest BCUT2D eigenvalue weighted by Crippen LogP contribution is 2.35. The third kappa shape index (κ3) is 2.40. The van der Waals surface area contributed by atoms with Crippen molar-refractivity contribution in [3.63, 3.8) is 0 Å². The summed E-state index contributed by atoms with van der Waals surface area (Å²) in [7, 11) is 0. The van der Waals surface area contributed by atoms with Crippen molar-refractivity contribution in [3.05, 3.63) is 73.3 Å². The van der Waals surface area contributed by atoms with Crippen LogP contribution in [0, 0.1) is 0 Å². The van der Waals surface area contributed by atoms with E-state index in [0.717, 1.165) is 0 Å². The van der Waals surface area contributed by atoms with E-state index in [0.29, 0.717) is 0 Å². The summed E-state index contributed by atoms with van der Waals surface area (Å²) >= 11 is 0. The largest absolute Gasteiger partial charge is 0.370 e. The average molecular weight is 296 g/mol. The lowest BCUT2D eigenvalue weighted by Gasteiger charge is -2.57. The van der Waals surface area contributed by atoms with E-state index in [9.17, 15) is 0 Å². The molecule has 0 aliphatic carbocycles. The molecule has 0 radical (unpaired) electrons. The molecule has 0 aromatic heterocycles. The van der Waals surface area contributed by atoms with Crippen LogP contribution < -0.4 is 16.0 Å². The van der Waals surface area contributed by atoms with Crippen LogP contribution >= 0.6 is 0 Å². The van der Waals surface area contributed by atoms with Crippen LogP contribution in [0.15, 0.2) is 73.3 Å². The Balaban J connectivity index is 2.07. The van der Waals surface area contributed by atoms with E-state index in [-0.39, 0.29) is 17.0 Å². The molecule has 3 aliphatic rings. The summed E-state index contributed by atoms with van der Waals surface area (Å²) in [6, 6.07) is 0. The molecule has 3 N–H and O–H groups in total. The first kappa shape index (κ1) is 14.7. The maximum Gasteiger partial charge on any atom is 0.111 e. The van der Waals surface area contributed by atoms with Gasteiger partial charge in [-0.05, 0) is 75.8 Å². The van der Waals surface area contributed by atoms with Gasteiger partial charge in [-0.1, -0.05) is 18.2 Å². The normalized spacial score (nSPS) is 38.7. The van der Waals surface area contributed by atoms with Crippen LogP contribution in [0.4, 0.5) is 0 Å². The Kier molecular flexibility index (Phi) is 3.49. The van der Waals surface area contributed by atoms with Crippen molar-refractivity contribution in [2.24, 2.45) is 0 Å². The Bertz CT molecular complexity index is 527. The van der Waals surface area contributed by atoms with Crippen LogP contribution in [0.2, 0.25) is 0 Å². The molecule has 3 atom stereocenters. The third-order valence-electron chi connectivity index (χ3n) is 4.40. The smallest absolute Gasteiger partial charge is 0.111 e. The second-order valence-electron chi connectivity index (χ2n) is 6.37. The van der Waals surface area contributed by atoms with E-state index >= 15 is 0 Å². The van der Waals surface area contributed by atoms with Gasteiger partial charge in [0.25, 0.3) is 0 Å². The van der Waals surface area contributed by atoms with E-state index in [1.807, 2.05) is 36.8 Å². The third-order valence-corrected chi connectivity index (χ3v) is 4.40. The van der Waals surface area contributed by atoms with Crippen LogP contribution in [0.5, 0.6) is 0 Å². The second-order valence-corrected chi connectivity index (χ2v) is 6.37. The summed E-state index contributed by atoms with van der Waals surface area (Å²) in [5, 5.41) is 10.5. The van der Waals surface area contributed by atoms with E-state index in [2.05, 4.69) is 78.1 Å². The van der Waals surface area contributed by atoms with Gasteiger partial charge in [-0.2, -0.15) is 0 Å². The van der Waals surface area contributed by atoms with Gasteiger partial charge in [0.2, 0.25) is 0 Å². The zero-order valence-corrected chi connectivity index (χ0v) is 13.4. The van der Waals surface area contributed by atoms with Crippen molar-refractivity contribution >= 4 is 0 Å². The van der Waals surface area contributed by atoms with Gasteiger partial charge in [0.1, 0.15) is 17.0 Å². The molecule has 4 nitrogen and oxygen atoms in total. The van der Waals surface area contributed by atoms with Crippen LogP contribution in [0.25, 0.3) is 0 Å². The van der Waals surface area contributed by atoms with Crippen LogP contribution in [-0.4, -0.2) is 21.9 Å². The molecule has 0 spiro atoms. The SMILES string of the molecule is CC1(N(C2(C)C=CC=CN2)C2(C)C=CC=CN2)C=CC=CN1. The van der Waals surface area contributed by atoms with Gasteiger partial charge in [-0.15, -0.1) is 0 Å². The standard InChI is InChI=1S/C18H24N4/c1-16(10-4-7-13-19-16)22(17(2)11-5-8-14-20-17)18(3)12-6-9-15-21-18/h4-15,19-21H,1-3H3. The Morgan fingerprint density at radius 1 is 0.545 bits per heavy atom. The van der Waals surface area contributed by atoms with Crippen molar-refractivity contribution in [1.82, 2.24) is 20.9 Å². The van der Waals surface area contributed by atoms with Crippen molar-refractivity contribution in [1.29, 1.82) is 0 Å². The lowest BCUT2D eigenvalue weighted by atomic mass is 9.92. The van der Waals surface area contributed by atoms with Gasteiger partial charge < -0.3 is 16.0 Å². The molecule has 0 fully saturated rings. The fourth-order valence-electron chi connectivity index (χ4n) is 3.55. The Morgan fingerprint density at radius 2 is 0.864 bits per heavy atom. The predicted octanol–water partition coefficient (Wildman–Crippen LogP) is 2.46. The molecule has 0 saturated carbocycles. The topological polar surface area (TPSA) is 39.3 Å². The maximum atomic E-state index is 3.50. The number of dihydropyridines is 3. The molecule has 22 heavy (non-hydrogen) atoms. The molecule has 3 heterocycles. The van der Waals surface area contributed by atoms with E-state index in [1.165, 1.54) is 0 Å². The minimum atomic E-state index is -0.344. The first-order chi connectivity index (χ1) is 10.5. The Hall–Kier alpha value is -2.20. The molecule has 0 aromatic rings. The molecule has 3 unspecified atom stereocenters. The molecule has 0 saturated heterocycles. The highest BCUT2D eigenvalue weighted by Gasteiger charge is 2.49. The zero-order chi connectivity index (χ0) is 15.7. The van der Waals surface area contributed by atoms with Crippen LogP contribution in [-0.2, 0) is 0 Å². The van der Waals surface area contributed by atoms with E-state index in [1.54, 1.807) is 0 Å². The van der Waals surface area contributed by atoms with Gasteiger partial charge in [0.15, 0.2) is 0 Å². The minimum Gasteiger partial charge on any atom is -0.370 e. The molecule has 0 aromatic carbocycles. The summed E-state index contributed by atoms with van der Waals surface area (Å²) in [6.45, 7) is 6.56. The fourth-order valence-corrected chi connectivity index (χ4v) is 3.55. The summed E-state index contributed by atoms with van der Waals surface area (Å²) in [4.78, 5) is 2.40. The molecular weight excluding hydrogens is 272 g/mol. The first-order valence-corrected chi connectivity index (χ1v) is 7.65. The number of nitrogens with one attached hydrogen (secondary N) is 3. The Labute approximate surface area is 132 Å². The van der Waals surface area contributed by atoms with Crippen molar-refractivity contribution in [2.75, 3.05) is 0 Å². The zero-order valence-electron chi connectivity index (χ0n) is 13.4. The fraction of sp³-hybridized carbons (Fsp3) is 0.333. The summed E-state index contributed by atoms with van der Waals surface area (Å²) < 4.78 is 0. The summed E-state index contributed by atoms with van der Waals surface area (Å²) in [6.07, 6.45) is 24.8. The van der Waals surface area contributed by atoms with Crippen molar-refractivity contribution < 1.29 is 0 Å². The highest BCUT2D eigenvalue weighted by atomic mass is 15.5. The monoisotopic (exact) mass is 296 g/mol. The summed E-state index contributed by atoms with van der Waals surface area (Å²) in [5.74, 6) is 0. The van der Waals surface area contributed by atoms with E-state index < -0.39 is 0 Å². The second kappa shape index (κ2) is 5.21. The molecule has 0 amide bonds. The Morgan fingerprint density at radius 3 is 1.09 bits per heavy atom. The van der Waals surface area contributed by atoms with E-state index in [4.69, 9.17) is 0 Å². The average Bonchev–Trinajstić information content (AvgIpc) is 2.48. The van der Waals surface area contributed by atoms with Crippen LogP contribution in [0.1, 0.15) is 20.8 Å². The number of rotatable bonds is 3. The maximum absolute atomic E-state index is 3.50. The van der Waals surface area contributed by atoms with Crippen molar-refractivity contribution in [2.45, 2.75) is 37.8 Å². The lowest BCUT2D eigenvalue weighted by Crippen LogP contribution is -2.75.